The summed E-state index contributed by atoms with van der Waals surface area (Å²) >= 11 is 9.63. The van der Waals surface area contributed by atoms with Gasteiger partial charge in [-0.3, -0.25) is 0 Å². The molecule has 1 atom stereocenters. The van der Waals surface area contributed by atoms with Crippen LogP contribution >= 0.6 is 28.7 Å². The van der Waals surface area contributed by atoms with E-state index in [-0.39, 0.29) is 0 Å². The summed E-state index contributed by atoms with van der Waals surface area (Å²) in [6, 6.07) is 21.1. The Morgan fingerprint density at radius 1 is 0.967 bits per heavy atom. The standard InChI is InChI=1S/C22H23N4PS3/c28-27(30-16-18-11-5-2-6-12-18)24-21-20(26-14-8-7-13-19(26)23-21)22(25-27)29-15-17-9-3-1-4-10-17/h1-6,9-12H,7-8,13-16H2,(H,24,25,28). The van der Waals surface area contributed by atoms with Crippen molar-refractivity contribution in [2.75, 3.05) is 5.09 Å². The van der Waals surface area contributed by atoms with Crippen molar-refractivity contribution in [2.45, 2.75) is 37.3 Å². The minimum Gasteiger partial charge on any atom is -0.324 e. The van der Waals surface area contributed by atoms with Gasteiger partial charge in [0.25, 0.3) is 0 Å². The predicted molar refractivity (Wildman–Crippen MR) is 135 cm³/mol. The number of hydrogen-bond donors (Lipinski definition) is 1. The van der Waals surface area contributed by atoms with Crippen LogP contribution in [0, 0.1) is 0 Å². The maximum atomic E-state index is 6.09. The van der Waals surface area contributed by atoms with E-state index < -0.39 is 5.54 Å². The molecule has 0 radical (unpaired) electrons. The minimum atomic E-state index is -2.20. The van der Waals surface area contributed by atoms with Crippen LogP contribution in [0.2, 0.25) is 0 Å². The molecule has 0 saturated heterocycles. The second-order valence-electron chi connectivity index (χ2n) is 7.40. The average Bonchev–Trinajstić information content (AvgIpc) is 3.15. The lowest BCUT2D eigenvalue weighted by molar-refractivity contribution is 0.520. The van der Waals surface area contributed by atoms with Crippen molar-refractivity contribution in [3.63, 3.8) is 0 Å². The molecule has 5 rings (SSSR count). The summed E-state index contributed by atoms with van der Waals surface area (Å²) in [6.07, 6.45) is 3.44. The Morgan fingerprint density at radius 2 is 1.67 bits per heavy atom. The second kappa shape index (κ2) is 8.91. The van der Waals surface area contributed by atoms with Crippen LogP contribution in [0.4, 0.5) is 5.82 Å². The van der Waals surface area contributed by atoms with Crippen molar-refractivity contribution in [1.82, 2.24) is 9.55 Å². The fraction of sp³-hybridized carbons (Fsp3) is 0.273. The summed E-state index contributed by atoms with van der Waals surface area (Å²) in [5.41, 5.74) is 1.52. The number of nitrogens with zero attached hydrogens (tertiary/aromatic N) is 3. The van der Waals surface area contributed by atoms with E-state index in [2.05, 4.69) is 64.3 Å². The number of fused-ring (bicyclic) bond motifs is 3. The van der Waals surface area contributed by atoms with E-state index in [9.17, 15) is 0 Å². The number of nitrogens with one attached hydrogen (secondary N) is 1. The number of benzene rings is 2. The molecular formula is C22H23N4PS3. The first kappa shape index (κ1) is 20.4. The Hall–Kier alpha value is -1.53. The average molecular weight is 471 g/mol. The van der Waals surface area contributed by atoms with Gasteiger partial charge in [0.2, 0.25) is 0 Å². The van der Waals surface area contributed by atoms with Crippen LogP contribution in [0.1, 0.15) is 35.5 Å². The van der Waals surface area contributed by atoms with Crippen molar-refractivity contribution in [1.29, 1.82) is 0 Å². The number of anilines is 1. The molecule has 1 aromatic heterocycles. The van der Waals surface area contributed by atoms with Gasteiger partial charge in [0.1, 0.15) is 16.6 Å². The van der Waals surface area contributed by atoms with Gasteiger partial charge in [-0.05, 0) is 35.8 Å². The zero-order chi connectivity index (χ0) is 20.4. The molecule has 0 saturated carbocycles. The highest BCUT2D eigenvalue weighted by molar-refractivity contribution is 8.70. The minimum absolute atomic E-state index is 0.855. The summed E-state index contributed by atoms with van der Waals surface area (Å²) in [4.78, 5) is 4.95. The number of thioether (sulfide) groups is 1. The van der Waals surface area contributed by atoms with Gasteiger partial charge >= 0.3 is 0 Å². The first-order valence-electron chi connectivity index (χ1n) is 10.1. The third-order valence-electron chi connectivity index (χ3n) is 5.22. The van der Waals surface area contributed by atoms with Crippen molar-refractivity contribution in [2.24, 2.45) is 4.76 Å². The van der Waals surface area contributed by atoms with Crippen LogP contribution in [0.25, 0.3) is 0 Å². The molecule has 2 aromatic carbocycles. The Labute approximate surface area is 190 Å². The van der Waals surface area contributed by atoms with E-state index in [0.29, 0.717) is 0 Å². The molecule has 3 heterocycles. The zero-order valence-electron chi connectivity index (χ0n) is 16.5. The van der Waals surface area contributed by atoms with E-state index in [1.807, 2.05) is 6.07 Å². The molecular weight excluding hydrogens is 447 g/mol. The fourth-order valence-electron chi connectivity index (χ4n) is 3.73. The van der Waals surface area contributed by atoms with Gasteiger partial charge < -0.3 is 9.65 Å². The first-order chi connectivity index (χ1) is 14.7. The molecule has 0 fully saturated rings. The summed E-state index contributed by atoms with van der Waals surface area (Å²) in [5, 5.41) is 4.64. The lowest BCUT2D eigenvalue weighted by Crippen LogP contribution is -2.17. The van der Waals surface area contributed by atoms with Crippen molar-refractivity contribution in [3.8, 4) is 0 Å². The molecule has 0 amide bonds. The topological polar surface area (TPSA) is 42.2 Å². The monoisotopic (exact) mass is 470 g/mol. The first-order valence-corrected chi connectivity index (χ1v) is 15.5. The Kier molecular flexibility index (Phi) is 6.05. The zero-order valence-corrected chi connectivity index (χ0v) is 19.9. The highest BCUT2D eigenvalue weighted by Gasteiger charge is 2.32. The molecule has 0 bridgehead atoms. The lowest BCUT2D eigenvalue weighted by Gasteiger charge is -2.26. The van der Waals surface area contributed by atoms with Crippen molar-refractivity contribution >= 4 is 51.4 Å². The van der Waals surface area contributed by atoms with Crippen LogP contribution in [0.3, 0.4) is 0 Å². The van der Waals surface area contributed by atoms with Crippen LogP contribution in [-0.4, -0.2) is 14.6 Å². The van der Waals surface area contributed by atoms with E-state index in [1.165, 1.54) is 29.8 Å². The normalized spacial score (nSPS) is 20.1. The Balaban J connectivity index is 1.45. The third kappa shape index (κ3) is 4.40. The lowest BCUT2D eigenvalue weighted by atomic mass is 10.2. The van der Waals surface area contributed by atoms with E-state index in [1.54, 1.807) is 23.1 Å². The molecule has 2 aliphatic rings. The summed E-state index contributed by atoms with van der Waals surface area (Å²) in [5.74, 6) is 3.86. The highest BCUT2D eigenvalue weighted by Crippen LogP contribution is 2.63. The second-order valence-corrected chi connectivity index (χ2v) is 15.0. The van der Waals surface area contributed by atoms with Crippen LogP contribution in [-0.2, 0) is 36.3 Å². The number of aromatic nitrogens is 2. The van der Waals surface area contributed by atoms with E-state index >= 15 is 0 Å². The summed E-state index contributed by atoms with van der Waals surface area (Å²) in [7, 11) is 0. The van der Waals surface area contributed by atoms with Gasteiger partial charge in [-0.25, -0.2) is 9.75 Å². The molecule has 4 nitrogen and oxygen atoms in total. The van der Waals surface area contributed by atoms with Crippen LogP contribution in [0.15, 0.2) is 65.4 Å². The predicted octanol–water partition coefficient (Wildman–Crippen LogP) is 6.48. The van der Waals surface area contributed by atoms with Gasteiger partial charge in [-0.1, -0.05) is 83.8 Å². The maximum Gasteiger partial charge on any atom is 0.198 e. The maximum absolute atomic E-state index is 6.09. The van der Waals surface area contributed by atoms with Crippen LogP contribution in [0.5, 0.6) is 0 Å². The molecule has 2 aliphatic heterocycles. The third-order valence-corrected chi connectivity index (χ3v) is 11.6. The smallest absolute Gasteiger partial charge is 0.198 e. The molecule has 1 N–H and O–H groups in total. The molecule has 8 heteroatoms. The van der Waals surface area contributed by atoms with Gasteiger partial charge in [0.05, 0.1) is 0 Å². The Bertz CT molecular complexity index is 1110. The van der Waals surface area contributed by atoms with Gasteiger partial charge in [-0.2, -0.15) is 0 Å². The molecule has 3 aromatic rings. The van der Waals surface area contributed by atoms with E-state index in [4.69, 9.17) is 21.6 Å². The van der Waals surface area contributed by atoms with Crippen molar-refractivity contribution < 1.29 is 0 Å². The number of imidazole rings is 1. The Morgan fingerprint density at radius 3 is 2.40 bits per heavy atom. The molecule has 0 spiro atoms. The largest absolute Gasteiger partial charge is 0.324 e. The quantitative estimate of drug-likeness (QED) is 0.432. The number of hydrogen-bond acceptors (Lipinski definition) is 4. The summed E-state index contributed by atoms with van der Waals surface area (Å²) < 4.78 is 7.53. The molecule has 0 aliphatic carbocycles. The SMILES string of the molecule is S=P1(SCc2ccccc2)N=C(SCc2ccccc2)c2c(nc3n2CCCC3)N1. The van der Waals surface area contributed by atoms with Crippen molar-refractivity contribution in [3.05, 3.63) is 83.3 Å². The van der Waals surface area contributed by atoms with E-state index in [0.717, 1.165) is 41.0 Å². The van der Waals surface area contributed by atoms with Gasteiger partial charge in [-0.15, -0.1) is 0 Å². The van der Waals surface area contributed by atoms with Gasteiger partial charge in [0, 0.05) is 24.5 Å². The fourth-order valence-corrected chi connectivity index (χ4v) is 9.74. The highest BCUT2D eigenvalue weighted by atomic mass is 32.9. The van der Waals surface area contributed by atoms with Gasteiger partial charge in [0.15, 0.2) is 11.4 Å². The number of aryl methyl sites for hydroxylation is 1. The van der Waals surface area contributed by atoms with Crippen LogP contribution < -0.4 is 5.09 Å². The molecule has 154 valence electrons. The molecule has 1 unspecified atom stereocenters. The molecule has 30 heavy (non-hydrogen) atoms. The summed E-state index contributed by atoms with van der Waals surface area (Å²) in [6.45, 7) is 1.02. The number of rotatable bonds is 5.